The summed E-state index contributed by atoms with van der Waals surface area (Å²) >= 11 is 6.06. The van der Waals surface area contributed by atoms with Gasteiger partial charge in [0.15, 0.2) is 5.58 Å². The average molecular weight is 333 g/mol. The molecule has 1 heterocycles. The van der Waals surface area contributed by atoms with E-state index in [4.69, 9.17) is 20.8 Å². The molecule has 0 bridgehead atoms. The first-order chi connectivity index (χ1) is 11.1. The number of benzene rings is 2. The van der Waals surface area contributed by atoms with E-state index >= 15 is 0 Å². The molecule has 6 heteroatoms. The van der Waals surface area contributed by atoms with E-state index in [1.165, 1.54) is 0 Å². The van der Waals surface area contributed by atoms with Crippen molar-refractivity contribution in [1.29, 1.82) is 0 Å². The van der Waals surface area contributed by atoms with Gasteiger partial charge in [-0.15, -0.1) is 0 Å². The second-order valence-electron chi connectivity index (χ2n) is 5.38. The van der Waals surface area contributed by atoms with Crippen molar-refractivity contribution >= 4 is 22.7 Å². The highest BCUT2D eigenvalue weighted by Gasteiger charge is 2.12. The topological polar surface area (TPSA) is 47.6 Å². The van der Waals surface area contributed by atoms with Gasteiger partial charge in [0.25, 0.3) is 0 Å². The quantitative estimate of drug-likeness (QED) is 0.719. The second-order valence-corrected chi connectivity index (χ2v) is 5.81. The first kappa shape index (κ1) is 15.6. The number of ether oxygens (including phenoxy) is 1. The van der Waals surface area contributed by atoms with Gasteiger partial charge in [-0.3, -0.25) is 9.47 Å². The Balaban J connectivity index is 1.84. The van der Waals surface area contributed by atoms with Crippen LogP contribution in [0.3, 0.4) is 0 Å². The summed E-state index contributed by atoms with van der Waals surface area (Å²) in [6.07, 6.45) is 0. The van der Waals surface area contributed by atoms with E-state index in [0.29, 0.717) is 23.8 Å². The Morgan fingerprint density at radius 1 is 1.26 bits per heavy atom. The lowest BCUT2D eigenvalue weighted by atomic mass is 10.2. The van der Waals surface area contributed by atoms with E-state index in [1.807, 2.05) is 42.3 Å². The minimum Gasteiger partial charge on any atom is -0.496 e. The zero-order valence-electron chi connectivity index (χ0n) is 13.0. The highest BCUT2D eigenvalue weighted by molar-refractivity contribution is 6.30. The lowest BCUT2D eigenvalue weighted by molar-refractivity contribution is 0.250. The molecule has 0 radical (unpaired) electrons. The molecular weight excluding hydrogens is 316 g/mol. The van der Waals surface area contributed by atoms with Crippen molar-refractivity contribution in [1.82, 2.24) is 9.47 Å². The molecule has 0 spiro atoms. The molecule has 3 aromatic rings. The Labute approximate surface area is 138 Å². The van der Waals surface area contributed by atoms with Crippen LogP contribution in [-0.2, 0) is 13.2 Å². The molecular formula is C17H17ClN2O3. The molecule has 0 amide bonds. The number of oxazole rings is 1. The van der Waals surface area contributed by atoms with Gasteiger partial charge >= 0.3 is 5.76 Å². The van der Waals surface area contributed by atoms with Crippen LogP contribution in [0.25, 0.3) is 11.1 Å². The van der Waals surface area contributed by atoms with Crippen molar-refractivity contribution in [3.8, 4) is 5.75 Å². The summed E-state index contributed by atoms with van der Waals surface area (Å²) in [4.78, 5) is 14.0. The number of nitrogens with zero attached hydrogens (tertiary/aromatic N) is 2. The number of hydrogen-bond acceptors (Lipinski definition) is 4. The molecule has 2 aromatic carbocycles. The Morgan fingerprint density at radius 3 is 2.83 bits per heavy atom. The summed E-state index contributed by atoms with van der Waals surface area (Å²) in [5.41, 5.74) is 2.33. The Morgan fingerprint density at radius 2 is 2.04 bits per heavy atom. The molecule has 0 atom stereocenters. The first-order valence-corrected chi connectivity index (χ1v) is 7.55. The van der Waals surface area contributed by atoms with Gasteiger partial charge in [-0.05, 0) is 37.4 Å². The smallest absolute Gasteiger partial charge is 0.421 e. The maximum absolute atomic E-state index is 12.0. The molecule has 23 heavy (non-hydrogen) atoms. The van der Waals surface area contributed by atoms with Crippen LogP contribution in [0, 0.1) is 0 Å². The Bertz CT molecular complexity index is 885. The van der Waals surface area contributed by atoms with Crippen molar-refractivity contribution in [3.63, 3.8) is 0 Å². The Kier molecular flexibility index (Phi) is 4.41. The number of aromatic nitrogens is 1. The SMILES string of the molecule is COc1ccc(Cl)cc1CN(C)Cn1c(=O)oc2ccccc21. The molecule has 5 nitrogen and oxygen atoms in total. The predicted octanol–water partition coefficient (Wildman–Crippen LogP) is 3.35. The maximum Gasteiger partial charge on any atom is 0.421 e. The molecule has 0 aliphatic rings. The van der Waals surface area contributed by atoms with Gasteiger partial charge in [0.05, 0.1) is 19.3 Å². The molecule has 0 saturated heterocycles. The summed E-state index contributed by atoms with van der Waals surface area (Å²) in [7, 11) is 3.55. The van der Waals surface area contributed by atoms with E-state index in [-0.39, 0.29) is 5.76 Å². The number of para-hydroxylation sites is 2. The number of halogens is 1. The fourth-order valence-corrected chi connectivity index (χ4v) is 2.80. The molecule has 1 aromatic heterocycles. The minimum absolute atomic E-state index is 0.365. The van der Waals surface area contributed by atoms with Crippen molar-refractivity contribution in [2.75, 3.05) is 14.2 Å². The van der Waals surface area contributed by atoms with Crippen molar-refractivity contribution in [2.45, 2.75) is 13.2 Å². The van der Waals surface area contributed by atoms with Crippen LogP contribution in [0.1, 0.15) is 5.56 Å². The van der Waals surface area contributed by atoms with Gasteiger partial charge in [-0.25, -0.2) is 4.79 Å². The number of fused-ring (bicyclic) bond motifs is 1. The first-order valence-electron chi connectivity index (χ1n) is 7.18. The van der Waals surface area contributed by atoms with Gasteiger partial charge in [0.2, 0.25) is 0 Å². The standard InChI is InChI=1S/C17H17ClN2O3/c1-19(10-12-9-13(18)7-8-15(12)22-2)11-20-14-5-3-4-6-16(14)23-17(20)21/h3-9H,10-11H2,1-2H3. The highest BCUT2D eigenvalue weighted by Crippen LogP contribution is 2.24. The van der Waals surface area contributed by atoms with Crippen LogP contribution in [0.4, 0.5) is 0 Å². The molecule has 120 valence electrons. The van der Waals surface area contributed by atoms with Crippen molar-refractivity contribution in [2.24, 2.45) is 0 Å². The van der Waals surface area contributed by atoms with Gasteiger partial charge in [0.1, 0.15) is 5.75 Å². The fraction of sp³-hybridized carbons (Fsp3) is 0.235. The molecule has 0 aliphatic heterocycles. The fourth-order valence-electron chi connectivity index (χ4n) is 2.60. The summed E-state index contributed by atoms with van der Waals surface area (Å²) < 4.78 is 12.2. The van der Waals surface area contributed by atoms with E-state index in [0.717, 1.165) is 16.8 Å². The third kappa shape index (κ3) is 3.25. The van der Waals surface area contributed by atoms with E-state index in [2.05, 4.69) is 0 Å². The van der Waals surface area contributed by atoms with Crippen LogP contribution >= 0.6 is 11.6 Å². The molecule has 0 saturated carbocycles. The normalized spacial score (nSPS) is 11.3. The summed E-state index contributed by atoms with van der Waals surface area (Å²) in [6.45, 7) is 1.00. The van der Waals surface area contributed by atoms with Crippen molar-refractivity contribution in [3.05, 3.63) is 63.6 Å². The van der Waals surface area contributed by atoms with E-state index in [1.54, 1.807) is 23.8 Å². The average Bonchev–Trinajstić information content (AvgIpc) is 2.83. The highest BCUT2D eigenvalue weighted by atomic mass is 35.5. The zero-order valence-corrected chi connectivity index (χ0v) is 13.7. The monoisotopic (exact) mass is 332 g/mol. The number of hydrogen-bond donors (Lipinski definition) is 0. The van der Waals surface area contributed by atoms with Gasteiger partial charge in [0, 0.05) is 17.1 Å². The van der Waals surface area contributed by atoms with E-state index in [9.17, 15) is 4.79 Å². The predicted molar refractivity (Wildman–Crippen MR) is 89.9 cm³/mol. The zero-order chi connectivity index (χ0) is 16.4. The molecule has 0 unspecified atom stereocenters. The third-order valence-electron chi connectivity index (χ3n) is 3.64. The van der Waals surface area contributed by atoms with Gasteiger partial charge < -0.3 is 9.15 Å². The van der Waals surface area contributed by atoms with Crippen LogP contribution in [-0.4, -0.2) is 23.6 Å². The van der Waals surface area contributed by atoms with Gasteiger partial charge in [-0.2, -0.15) is 0 Å². The second kappa shape index (κ2) is 6.48. The minimum atomic E-state index is -0.365. The summed E-state index contributed by atoms with van der Waals surface area (Å²) in [5, 5.41) is 0.653. The summed E-state index contributed by atoms with van der Waals surface area (Å²) in [5.74, 6) is 0.404. The van der Waals surface area contributed by atoms with Crippen LogP contribution < -0.4 is 10.5 Å². The maximum atomic E-state index is 12.0. The third-order valence-corrected chi connectivity index (χ3v) is 3.87. The van der Waals surface area contributed by atoms with Crippen molar-refractivity contribution < 1.29 is 9.15 Å². The molecule has 0 fully saturated rings. The van der Waals surface area contributed by atoms with Gasteiger partial charge in [-0.1, -0.05) is 23.7 Å². The van der Waals surface area contributed by atoms with Crippen LogP contribution in [0.15, 0.2) is 51.7 Å². The van der Waals surface area contributed by atoms with Crippen LogP contribution in [0.5, 0.6) is 5.75 Å². The lowest BCUT2D eigenvalue weighted by Gasteiger charge is -2.18. The number of methoxy groups -OCH3 is 1. The largest absolute Gasteiger partial charge is 0.496 e. The number of rotatable bonds is 5. The molecule has 0 N–H and O–H groups in total. The Hall–Kier alpha value is -2.24. The van der Waals surface area contributed by atoms with Crippen LogP contribution in [0.2, 0.25) is 5.02 Å². The van der Waals surface area contributed by atoms with E-state index < -0.39 is 0 Å². The summed E-state index contributed by atoms with van der Waals surface area (Å²) in [6, 6.07) is 12.9. The lowest BCUT2D eigenvalue weighted by Crippen LogP contribution is -2.27. The molecule has 3 rings (SSSR count). The molecule has 0 aliphatic carbocycles.